The third-order valence-electron chi connectivity index (χ3n) is 5.64. The molecule has 3 N–H and O–H groups in total. The van der Waals surface area contributed by atoms with Gasteiger partial charge in [0.1, 0.15) is 6.04 Å². The van der Waals surface area contributed by atoms with Gasteiger partial charge in [0.25, 0.3) is 0 Å². The predicted octanol–water partition coefficient (Wildman–Crippen LogP) is 2.17. The molecular weight excluding hydrogens is 366 g/mol. The summed E-state index contributed by atoms with van der Waals surface area (Å²) in [6.45, 7) is 3.15. The Morgan fingerprint density at radius 2 is 2.07 bits per heavy atom. The monoisotopic (exact) mass is 393 g/mol. The van der Waals surface area contributed by atoms with Gasteiger partial charge < -0.3 is 10.2 Å². The van der Waals surface area contributed by atoms with Crippen molar-refractivity contribution in [1.29, 1.82) is 0 Å². The minimum Gasteiger partial charge on any atom is -0.341 e. The first-order valence-electron chi connectivity index (χ1n) is 10.2. The molecule has 7 heteroatoms. The van der Waals surface area contributed by atoms with Crippen LogP contribution >= 0.6 is 0 Å². The number of hydrogen-bond acceptors (Lipinski definition) is 5. The zero-order valence-electron chi connectivity index (χ0n) is 16.6. The van der Waals surface area contributed by atoms with Crippen molar-refractivity contribution < 1.29 is 9.59 Å². The van der Waals surface area contributed by atoms with Crippen molar-refractivity contribution in [1.82, 2.24) is 20.7 Å². The van der Waals surface area contributed by atoms with Crippen molar-refractivity contribution in [3.63, 3.8) is 0 Å². The van der Waals surface area contributed by atoms with Crippen molar-refractivity contribution in [3.8, 4) is 0 Å². The van der Waals surface area contributed by atoms with Gasteiger partial charge in [-0.15, -0.1) is 0 Å². The second-order valence-corrected chi connectivity index (χ2v) is 7.87. The number of benzene rings is 1. The molecule has 3 heterocycles. The van der Waals surface area contributed by atoms with Crippen LogP contribution in [0.1, 0.15) is 36.6 Å². The Hall–Kier alpha value is -2.77. The molecule has 0 aliphatic carbocycles. The third kappa shape index (κ3) is 4.63. The number of aromatic nitrogens is 1. The van der Waals surface area contributed by atoms with E-state index in [0.29, 0.717) is 19.5 Å². The maximum Gasteiger partial charge on any atom is 0.241 e. The van der Waals surface area contributed by atoms with Crippen LogP contribution < -0.4 is 16.2 Å². The average Bonchev–Trinajstić information content (AvgIpc) is 3.24. The summed E-state index contributed by atoms with van der Waals surface area (Å²) in [5.41, 5.74) is 9.11. The van der Waals surface area contributed by atoms with Gasteiger partial charge in [0.05, 0.1) is 17.7 Å². The predicted molar refractivity (Wildman–Crippen MR) is 111 cm³/mol. The SMILES string of the molecule is Cc1cccc(NC(=O)C2CCCN(C(=O)C3CC(c4ccccn4)NN3)C2)c1. The van der Waals surface area contributed by atoms with E-state index in [1.54, 1.807) is 6.20 Å². The molecule has 7 nitrogen and oxygen atoms in total. The van der Waals surface area contributed by atoms with Crippen LogP contribution in [0.4, 0.5) is 5.69 Å². The number of aryl methyl sites for hydroxylation is 1. The van der Waals surface area contributed by atoms with E-state index in [0.717, 1.165) is 29.8 Å². The van der Waals surface area contributed by atoms with E-state index in [-0.39, 0.29) is 29.8 Å². The molecule has 152 valence electrons. The molecule has 1 aromatic carbocycles. The van der Waals surface area contributed by atoms with Crippen LogP contribution in [0.5, 0.6) is 0 Å². The molecule has 1 aromatic heterocycles. The van der Waals surface area contributed by atoms with Crippen LogP contribution in [0.15, 0.2) is 48.7 Å². The van der Waals surface area contributed by atoms with E-state index < -0.39 is 0 Å². The highest BCUT2D eigenvalue weighted by Crippen LogP contribution is 2.24. The van der Waals surface area contributed by atoms with E-state index in [2.05, 4.69) is 21.2 Å². The maximum absolute atomic E-state index is 13.0. The number of anilines is 1. The van der Waals surface area contributed by atoms with Crippen LogP contribution in [0.2, 0.25) is 0 Å². The maximum atomic E-state index is 13.0. The van der Waals surface area contributed by atoms with Gasteiger partial charge >= 0.3 is 0 Å². The summed E-state index contributed by atoms with van der Waals surface area (Å²) in [5.74, 6) is -0.157. The number of nitrogens with one attached hydrogen (secondary N) is 3. The topological polar surface area (TPSA) is 86.4 Å². The van der Waals surface area contributed by atoms with Gasteiger partial charge in [-0.25, -0.2) is 10.9 Å². The summed E-state index contributed by atoms with van der Waals surface area (Å²) in [4.78, 5) is 31.9. The smallest absolute Gasteiger partial charge is 0.241 e. The van der Waals surface area contributed by atoms with Crippen LogP contribution in [0, 0.1) is 12.8 Å². The highest BCUT2D eigenvalue weighted by molar-refractivity contribution is 5.93. The molecule has 0 spiro atoms. The first kappa shape index (κ1) is 19.5. The standard InChI is InChI=1S/C22H27N5O2/c1-15-6-4-8-17(12-15)24-21(28)16-7-5-11-27(14-16)22(29)20-13-19(25-26-20)18-9-2-3-10-23-18/h2-4,6,8-10,12,16,19-20,25-26H,5,7,11,13-14H2,1H3,(H,24,28). The number of carbonyl (C=O) groups excluding carboxylic acids is 2. The highest BCUT2D eigenvalue weighted by atomic mass is 16.2. The van der Waals surface area contributed by atoms with Gasteiger partial charge in [-0.2, -0.15) is 0 Å². The molecule has 2 amide bonds. The van der Waals surface area contributed by atoms with Gasteiger partial charge in [0.2, 0.25) is 11.8 Å². The fraction of sp³-hybridized carbons (Fsp3) is 0.409. The number of hydrogen-bond donors (Lipinski definition) is 3. The Bertz CT molecular complexity index is 873. The van der Waals surface area contributed by atoms with Gasteiger partial charge in [0.15, 0.2) is 0 Å². The van der Waals surface area contributed by atoms with Crippen molar-refractivity contribution >= 4 is 17.5 Å². The fourth-order valence-corrected chi connectivity index (χ4v) is 4.07. The number of piperidine rings is 1. The Kier molecular flexibility index (Phi) is 5.87. The second kappa shape index (κ2) is 8.71. The molecule has 2 aliphatic heterocycles. The quantitative estimate of drug-likeness (QED) is 0.741. The first-order valence-corrected chi connectivity index (χ1v) is 10.2. The largest absolute Gasteiger partial charge is 0.341 e. The molecular formula is C22H27N5O2. The normalized spacial score (nSPS) is 24.3. The Morgan fingerprint density at radius 1 is 1.17 bits per heavy atom. The lowest BCUT2D eigenvalue weighted by molar-refractivity contribution is -0.136. The number of likely N-dealkylation sites (tertiary alicyclic amines) is 1. The molecule has 2 saturated heterocycles. The minimum atomic E-state index is -0.305. The second-order valence-electron chi connectivity index (χ2n) is 7.87. The Morgan fingerprint density at radius 3 is 2.86 bits per heavy atom. The van der Waals surface area contributed by atoms with Gasteiger partial charge in [0, 0.05) is 25.0 Å². The molecule has 0 bridgehead atoms. The van der Waals surface area contributed by atoms with E-state index >= 15 is 0 Å². The minimum absolute atomic E-state index is 0.00959. The van der Waals surface area contributed by atoms with Crippen molar-refractivity contribution in [2.75, 3.05) is 18.4 Å². The van der Waals surface area contributed by atoms with Crippen molar-refractivity contribution in [2.24, 2.45) is 5.92 Å². The molecule has 0 saturated carbocycles. The highest BCUT2D eigenvalue weighted by Gasteiger charge is 2.36. The summed E-state index contributed by atoms with van der Waals surface area (Å²) in [7, 11) is 0. The fourth-order valence-electron chi connectivity index (χ4n) is 4.07. The van der Waals surface area contributed by atoms with Crippen LogP contribution in [-0.2, 0) is 9.59 Å². The number of hydrazine groups is 1. The molecule has 29 heavy (non-hydrogen) atoms. The van der Waals surface area contributed by atoms with E-state index in [4.69, 9.17) is 0 Å². The average molecular weight is 393 g/mol. The molecule has 4 rings (SSSR count). The Balaban J connectivity index is 1.34. The lowest BCUT2D eigenvalue weighted by Gasteiger charge is -2.33. The number of carbonyl (C=O) groups is 2. The number of rotatable bonds is 4. The summed E-state index contributed by atoms with van der Waals surface area (Å²) >= 11 is 0. The molecule has 2 fully saturated rings. The summed E-state index contributed by atoms with van der Waals surface area (Å²) in [6.07, 6.45) is 4.04. The number of pyridine rings is 1. The van der Waals surface area contributed by atoms with E-state index in [9.17, 15) is 9.59 Å². The zero-order chi connectivity index (χ0) is 20.2. The lowest BCUT2D eigenvalue weighted by atomic mass is 9.95. The molecule has 0 radical (unpaired) electrons. The van der Waals surface area contributed by atoms with Gasteiger partial charge in [-0.3, -0.25) is 14.6 Å². The molecule has 3 atom stereocenters. The third-order valence-corrected chi connectivity index (χ3v) is 5.64. The van der Waals surface area contributed by atoms with E-state index in [1.807, 2.05) is 54.3 Å². The van der Waals surface area contributed by atoms with Gasteiger partial charge in [-0.05, 0) is 56.0 Å². The Labute approximate surface area is 170 Å². The number of nitrogens with zero attached hydrogens (tertiary/aromatic N) is 2. The molecule has 2 aromatic rings. The van der Waals surface area contributed by atoms with Gasteiger partial charge in [-0.1, -0.05) is 18.2 Å². The first-order chi connectivity index (χ1) is 14.1. The van der Waals surface area contributed by atoms with Crippen molar-refractivity contribution in [3.05, 3.63) is 59.9 Å². The molecule has 3 unspecified atom stereocenters. The van der Waals surface area contributed by atoms with Crippen molar-refractivity contribution in [2.45, 2.75) is 38.3 Å². The van der Waals surface area contributed by atoms with Crippen LogP contribution in [0.25, 0.3) is 0 Å². The summed E-state index contributed by atoms with van der Waals surface area (Å²) in [5, 5.41) is 3.00. The summed E-state index contributed by atoms with van der Waals surface area (Å²) in [6, 6.07) is 13.3. The van der Waals surface area contributed by atoms with E-state index in [1.165, 1.54) is 0 Å². The zero-order valence-corrected chi connectivity index (χ0v) is 16.6. The summed E-state index contributed by atoms with van der Waals surface area (Å²) < 4.78 is 0. The molecule has 2 aliphatic rings. The number of amides is 2. The van der Waals surface area contributed by atoms with Crippen LogP contribution in [0.3, 0.4) is 0 Å². The lowest BCUT2D eigenvalue weighted by Crippen LogP contribution is -2.50. The van der Waals surface area contributed by atoms with Crippen LogP contribution in [-0.4, -0.2) is 40.8 Å².